The van der Waals surface area contributed by atoms with E-state index in [0.717, 1.165) is 27.8 Å². The molecule has 2 aromatic heterocycles. The Kier molecular flexibility index (Phi) is 11.9. The van der Waals surface area contributed by atoms with Crippen LogP contribution < -0.4 is 20.7 Å². The van der Waals surface area contributed by atoms with Crippen LogP contribution in [-0.2, 0) is 0 Å². The summed E-state index contributed by atoms with van der Waals surface area (Å²) in [7, 11) is -3.10. The SMILES string of the molecule is c1ccc(-c2ccc([Si](c3ccccc3)(c3ccccc3)c3cc(-c4ccccc4)c(-n4c5ccccc5c5cc(-c6ccc7c(c6)c6ccccc6n7-c6ccccc6-c6ccccc6)ccc54)c(-c4ccccc4)c3)cc2)cc1. The van der Waals surface area contributed by atoms with Crippen LogP contribution in [0.25, 0.3) is 111 Å². The summed E-state index contributed by atoms with van der Waals surface area (Å²) in [6, 6.07) is 122. The van der Waals surface area contributed by atoms with Crippen LogP contribution in [0, 0.1) is 0 Å². The third-order valence-corrected chi connectivity index (χ3v) is 21.4. The fourth-order valence-electron chi connectivity index (χ4n) is 13.0. The minimum absolute atomic E-state index is 1.16. The quantitative estimate of drug-likeness (QED) is 0.0902. The zero-order valence-electron chi connectivity index (χ0n) is 44.6. The molecule has 2 nitrogen and oxygen atoms in total. The molecule has 15 aromatic rings. The van der Waals surface area contributed by atoms with Crippen LogP contribution in [-0.4, -0.2) is 17.2 Å². The number of para-hydroxylation sites is 3. The molecule has 2 heterocycles. The largest absolute Gasteiger partial charge is 0.309 e. The molecule has 0 bridgehead atoms. The first-order valence-corrected chi connectivity index (χ1v) is 30.0. The molecule has 15 rings (SSSR count). The van der Waals surface area contributed by atoms with Gasteiger partial charge >= 0.3 is 0 Å². The summed E-state index contributed by atoms with van der Waals surface area (Å²) in [6.07, 6.45) is 0. The van der Waals surface area contributed by atoms with E-state index in [1.165, 1.54) is 104 Å². The van der Waals surface area contributed by atoms with Crippen molar-refractivity contribution in [2.45, 2.75) is 0 Å². The van der Waals surface area contributed by atoms with Gasteiger partial charge in [0.2, 0.25) is 0 Å². The van der Waals surface area contributed by atoms with Crippen molar-refractivity contribution in [2.24, 2.45) is 0 Å². The average Bonchev–Trinajstić information content (AvgIpc) is 4.26. The maximum Gasteiger partial charge on any atom is 0.179 e. The molecule has 0 aliphatic carbocycles. The Bertz CT molecular complexity index is 4660. The lowest BCUT2D eigenvalue weighted by Gasteiger charge is -2.36. The first-order valence-electron chi connectivity index (χ1n) is 28.0. The minimum atomic E-state index is -3.10. The van der Waals surface area contributed by atoms with Crippen molar-refractivity contribution in [3.05, 3.63) is 328 Å². The van der Waals surface area contributed by atoms with E-state index in [2.05, 4.69) is 337 Å². The van der Waals surface area contributed by atoms with E-state index in [-0.39, 0.29) is 0 Å². The number of hydrogen-bond acceptors (Lipinski definition) is 0. The highest BCUT2D eigenvalue weighted by molar-refractivity contribution is 7.20. The summed E-state index contributed by atoms with van der Waals surface area (Å²) in [5, 5.41) is 10.2. The average molecular weight is 1050 g/mol. The summed E-state index contributed by atoms with van der Waals surface area (Å²) in [5.41, 5.74) is 18.9. The molecule has 0 amide bonds. The minimum Gasteiger partial charge on any atom is -0.309 e. The molecule has 13 aromatic carbocycles. The standard InChI is InChI=1S/C78H54N2Si/c1-7-25-55(26-8-1)56-43-47-64(48-44-56)81(62-33-15-5-16-34-62,63-35-17-6-18-36-63)65-53-69(58-29-11-3-12-30-58)78(70(54-65)59-31-13-4-14-32-59)80-75-42-24-21-39-68(75)72-52-61(46-50-77(72)80)60-45-49-76-71(51-60)67-38-20-23-41-74(67)79(76)73-40-22-19-37-66(73)57-27-9-2-10-28-57/h1-54H. The Hall–Kier alpha value is -10.3. The Balaban J connectivity index is 0.972. The van der Waals surface area contributed by atoms with Gasteiger partial charge < -0.3 is 9.13 Å². The van der Waals surface area contributed by atoms with Crippen LogP contribution in [0.5, 0.6) is 0 Å². The van der Waals surface area contributed by atoms with Gasteiger partial charge in [0.15, 0.2) is 8.07 Å². The Morgan fingerprint density at radius 2 is 0.543 bits per heavy atom. The van der Waals surface area contributed by atoms with Gasteiger partial charge in [0, 0.05) is 38.2 Å². The normalized spacial score (nSPS) is 11.7. The zero-order valence-corrected chi connectivity index (χ0v) is 45.6. The predicted molar refractivity (Wildman–Crippen MR) is 346 cm³/mol. The van der Waals surface area contributed by atoms with Crippen LogP contribution in [0.4, 0.5) is 0 Å². The first-order chi connectivity index (χ1) is 40.2. The van der Waals surface area contributed by atoms with Crippen molar-refractivity contribution in [1.29, 1.82) is 0 Å². The highest BCUT2D eigenvalue weighted by atomic mass is 28.3. The molecule has 0 fully saturated rings. The van der Waals surface area contributed by atoms with Gasteiger partial charge in [0.1, 0.15) is 0 Å². The van der Waals surface area contributed by atoms with E-state index in [1.807, 2.05) is 0 Å². The lowest BCUT2D eigenvalue weighted by Crippen LogP contribution is -2.74. The number of fused-ring (bicyclic) bond motifs is 6. The summed E-state index contributed by atoms with van der Waals surface area (Å²) in [6.45, 7) is 0. The van der Waals surface area contributed by atoms with Crippen molar-refractivity contribution in [3.63, 3.8) is 0 Å². The third kappa shape index (κ3) is 8.08. The van der Waals surface area contributed by atoms with Gasteiger partial charge in [-0.1, -0.05) is 285 Å². The number of aromatic nitrogens is 2. The summed E-state index contributed by atoms with van der Waals surface area (Å²) in [4.78, 5) is 0. The smallest absolute Gasteiger partial charge is 0.179 e. The number of nitrogens with zero attached hydrogens (tertiary/aromatic N) is 2. The molecule has 0 spiro atoms. The molecule has 0 aliphatic rings. The van der Waals surface area contributed by atoms with Gasteiger partial charge in [-0.05, 0) is 102 Å². The van der Waals surface area contributed by atoms with Crippen LogP contribution in [0.15, 0.2) is 328 Å². The summed E-state index contributed by atoms with van der Waals surface area (Å²) >= 11 is 0. The van der Waals surface area contributed by atoms with Crippen molar-refractivity contribution in [2.75, 3.05) is 0 Å². The summed E-state index contributed by atoms with van der Waals surface area (Å²) in [5.74, 6) is 0. The van der Waals surface area contributed by atoms with Gasteiger partial charge in [-0.2, -0.15) is 0 Å². The highest BCUT2D eigenvalue weighted by Gasteiger charge is 2.42. The second-order valence-corrected chi connectivity index (χ2v) is 24.9. The van der Waals surface area contributed by atoms with Crippen molar-refractivity contribution < 1.29 is 0 Å². The molecule has 0 N–H and O–H groups in total. The second kappa shape index (κ2) is 20.2. The molecule has 0 saturated carbocycles. The van der Waals surface area contributed by atoms with E-state index < -0.39 is 8.07 Å². The molecular formula is C78H54N2Si. The predicted octanol–water partition coefficient (Wildman–Crippen LogP) is 17.6. The lowest BCUT2D eigenvalue weighted by atomic mass is 9.95. The Morgan fingerprint density at radius 1 is 0.198 bits per heavy atom. The fourth-order valence-corrected chi connectivity index (χ4v) is 17.8. The molecule has 0 radical (unpaired) electrons. The van der Waals surface area contributed by atoms with Crippen LogP contribution in [0.1, 0.15) is 0 Å². The van der Waals surface area contributed by atoms with Gasteiger partial charge in [-0.15, -0.1) is 0 Å². The van der Waals surface area contributed by atoms with Gasteiger partial charge in [-0.25, -0.2) is 0 Å². The first kappa shape index (κ1) is 47.9. The monoisotopic (exact) mass is 1050 g/mol. The fraction of sp³-hybridized carbons (Fsp3) is 0. The molecule has 380 valence electrons. The number of hydrogen-bond donors (Lipinski definition) is 0. The Morgan fingerprint density at radius 3 is 1.05 bits per heavy atom. The lowest BCUT2D eigenvalue weighted by molar-refractivity contribution is 1.18. The van der Waals surface area contributed by atoms with E-state index in [1.54, 1.807) is 0 Å². The van der Waals surface area contributed by atoms with Crippen LogP contribution >= 0.6 is 0 Å². The summed E-state index contributed by atoms with van der Waals surface area (Å²) < 4.78 is 5.01. The van der Waals surface area contributed by atoms with Crippen molar-refractivity contribution >= 4 is 72.4 Å². The van der Waals surface area contributed by atoms with E-state index in [0.29, 0.717) is 0 Å². The van der Waals surface area contributed by atoms with Crippen LogP contribution in [0.2, 0.25) is 0 Å². The third-order valence-electron chi connectivity index (χ3n) is 16.7. The number of rotatable bonds is 11. The molecule has 0 atom stereocenters. The maximum atomic E-state index is 2.56. The molecule has 0 saturated heterocycles. The highest BCUT2D eigenvalue weighted by Crippen LogP contribution is 2.44. The molecule has 0 unspecified atom stereocenters. The van der Waals surface area contributed by atoms with Crippen LogP contribution in [0.3, 0.4) is 0 Å². The molecular weight excluding hydrogens is 993 g/mol. The van der Waals surface area contributed by atoms with Crippen molar-refractivity contribution in [1.82, 2.24) is 9.13 Å². The zero-order chi connectivity index (χ0) is 53.7. The second-order valence-electron chi connectivity index (χ2n) is 21.1. The molecule has 0 aliphatic heterocycles. The molecule has 3 heteroatoms. The molecule has 81 heavy (non-hydrogen) atoms. The maximum absolute atomic E-state index is 3.10. The van der Waals surface area contributed by atoms with E-state index in [4.69, 9.17) is 0 Å². The van der Waals surface area contributed by atoms with E-state index in [9.17, 15) is 0 Å². The Labute approximate surface area is 473 Å². The number of benzene rings is 13. The van der Waals surface area contributed by atoms with Gasteiger partial charge in [0.25, 0.3) is 0 Å². The van der Waals surface area contributed by atoms with E-state index >= 15 is 0 Å². The van der Waals surface area contributed by atoms with Gasteiger partial charge in [-0.3, -0.25) is 0 Å². The van der Waals surface area contributed by atoms with Gasteiger partial charge in [0.05, 0.1) is 33.4 Å². The topological polar surface area (TPSA) is 9.86 Å². The van der Waals surface area contributed by atoms with Crippen molar-refractivity contribution in [3.8, 4) is 67.0 Å².